The summed E-state index contributed by atoms with van der Waals surface area (Å²) in [6.45, 7) is 0.395. The Hall–Kier alpha value is -2.80. The van der Waals surface area contributed by atoms with Crippen molar-refractivity contribution in [2.75, 3.05) is 0 Å². The monoisotopic (exact) mass is 334 g/mol. The van der Waals surface area contributed by atoms with E-state index in [0.717, 1.165) is 18.2 Å². The van der Waals surface area contributed by atoms with Crippen molar-refractivity contribution in [3.63, 3.8) is 0 Å². The number of aromatic nitrogens is 1. The molecule has 1 amide bonds. The normalized spacial score (nSPS) is 11.0. The molecule has 0 aliphatic heterocycles. The first kappa shape index (κ1) is 17.6. The van der Waals surface area contributed by atoms with Crippen LogP contribution in [0.25, 0.3) is 6.08 Å². The standard InChI is InChI=1S/C17H16F2N2O3/c18-14-7-5-12(11-15(14)19)3-1-9-21-10-2-4-13(17(21)23)6-8-16(22)20-24/h2,4-8,10-11,24H,1,3,9H2,(H,20,22)/b8-6+. The Labute approximate surface area is 136 Å². The minimum Gasteiger partial charge on any atom is -0.315 e. The SMILES string of the molecule is O=C(/C=C/c1cccn(CCCc2ccc(F)c(F)c2)c1=O)NO. The quantitative estimate of drug-likeness (QED) is 0.484. The maximum absolute atomic E-state index is 13.1. The van der Waals surface area contributed by atoms with Crippen LogP contribution in [0.5, 0.6) is 0 Å². The number of hydroxylamine groups is 1. The topological polar surface area (TPSA) is 71.3 Å². The zero-order valence-corrected chi connectivity index (χ0v) is 12.7. The molecule has 1 aromatic heterocycles. The molecule has 24 heavy (non-hydrogen) atoms. The summed E-state index contributed by atoms with van der Waals surface area (Å²) in [5, 5.41) is 8.41. The van der Waals surface area contributed by atoms with Crippen LogP contribution in [0.15, 0.2) is 47.4 Å². The number of pyridine rings is 1. The van der Waals surface area contributed by atoms with Crippen molar-refractivity contribution in [3.05, 3.63) is 75.7 Å². The van der Waals surface area contributed by atoms with Crippen molar-refractivity contribution >= 4 is 12.0 Å². The van der Waals surface area contributed by atoms with E-state index in [1.807, 2.05) is 0 Å². The second kappa shape index (κ2) is 8.16. The van der Waals surface area contributed by atoms with E-state index in [4.69, 9.17) is 5.21 Å². The average Bonchev–Trinajstić information content (AvgIpc) is 2.58. The van der Waals surface area contributed by atoms with Crippen molar-refractivity contribution in [1.29, 1.82) is 0 Å². The predicted octanol–water partition coefficient (Wildman–Crippen LogP) is 2.28. The number of hydrogen-bond acceptors (Lipinski definition) is 3. The van der Waals surface area contributed by atoms with Crippen LogP contribution >= 0.6 is 0 Å². The number of halogens is 2. The number of hydrogen-bond donors (Lipinski definition) is 2. The number of carbonyl (C=O) groups excluding carboxylic acids is 1. The molecule has 1 heterocycles. The van der Waals surface area contributed by atoms with Crippen molar-refractivity contribution in [1.82, 2.24) is 10.0 Å². The van der Waals surface area contributed by atoms with Crippen molar-refractivity contribution in [2.45, 2.75) is 19.4 Å². The first-order valence-corrected chi connectivity index (χ1v) is 7.27. The molecule has 0 saturated heterocycles. The minimum atomic E-state index is -0.890. The van der Waals surface area contributed by atoms with E-state index in [2.05, 4.69) is 0 Å². The summed E-state index contributed by atoms with van der Waals surface area (Å²) in [7, 11) is 0. The van der Waals surface area contributed by atoms with E-state index in [9.17, 15) is 18.4 Å². The molecule has 1 aromatic carbocycles. The number of nitrogens with zero attached hydrogens (tertiary/aromatic N) is 1. The smallest absolute Gasteiger partial charge is 0.267 e. The van der Waals surface area contributed by atoms with E-state index >= 15 is 0 Å². The summed E-state index contributed by atoms with van der Waals surface area (Å²) in [5.74, 6) is -2.51. The number of carbonyl (C=O) groups is 1. The molecule has 7 heteroatoms. The Morgan fingerprint density at radius 3 is 2.75 bits per heavy atom. The van der Waals surface area contributed by atoms with Crippen LogP contribution in [0.2, 0.25) is 0 Å². The molecule has 0 atom stereocenters. The van der Waals surface area contributed by atoms with Gasteiger partial charge in [-0.3, -0.25) is 14.8 Å². The molecule has 0 aliphatic carbocycles. The number of aryl methyl sites for hydroxylation is 2. The Balaban J connectivity index is 2.02. The molecule has 126 valence electrons. The van der Waals surface area contributed by atoms with Gasteiger partial charge in [0.25, 0.3) is 11.5 Å². The van der Waals surface area contributed by atoms with Gasteiger partial charge < -0.3 is 4.57 Å². The molecule has 5 nitrogen and oxygen atoms in total. The molecule has 0 radical (unpaired) electrons. The van der Waals surface area contributed by atoms with Crippen LogP contribution in [0.4, 0.5) is 8.78 Å². The van der Waals surface area contributed by atoms with Crippen LogP contribution in [-0.2, 0) is 17.8 Å². The molecular formula is C17H16F2N2O3. The van der Waals surface area contributed by atoms with Gasteiger partial charge in [-0.2, -0.15) is 0 Å². The van der Waals surface area contributed by atoms with Gasteiger partial charge in [0.1, 0.15) is 0 Å². The predicted molar refractivity (Wildman–Crippen MR) is 84.3 cm³/mol. The lowest BCUT2D eigenvalue weighted by Crippen LogP contribution is -2.22. The van der Waals surface area contributed by atoms with Crippen LogP contribution in [0.1, 0.15) is 17.5 Å². The summed E-state index contributed by atoms with van der Waals surface area (Å²) in [5.41, 5.74) is 2.10. The third-order valence-corrected chi connectivity index (χ3v) is 3.42. The number of benzene rings is 1. The molecule has 2 rings (SSSR count). The van der Waals surface area contributed by atoms with Gasteiger partial charge in [-0.1, -0.05) is 6.07 Å². The first-order chi connectivity index (χ1) is 11.5. The van der Waals surface area contributed by atoms with Crippen LogP contribution < -0.4 is 11.0 Å². The fourth-order valence-corrected chi connectivity index (χ4v) is 2.21. The lowest BCUT2D eigenvalue weighted by atomic mass is 10.1. The van der Waals surface area contributed by atoms with Crippen molar-refractivity contribution < 1.29 is 18.8 Å². The van der Waals surface area contributed by atoms with Crippen molar-refractivity contribution in [2.24, 2.45) is 0 Å². The highest BCUT2D eigenvalue weighted by Crippen LogP contribution is 2.10. The fraction of sp³-hybridized carbons (Fsp3) is 0.176. The molecule has 0 spiro atoms. The summed E-state index contributed by atoms with van der Waals surface area (Å²) in [4.78, 5) is 23.2. The molecule has 0 fully saturated rings. The zero-order valence-electron chi connectivity index (χ0n) is 12.7. The largest absolute Gasteiger partial charge is 0.315 e. The molecule has 0 saturated carbocycles. The molecule has 0 unspecified atom stereocenters. The lowest BCUT2D eigenvalue weighted by Gasteiger charge is -2.07. The van der Waals surface area contributed by atoms with Gasteiger partial charge in [0.15, 0.2) is 11.6 Å². The van der Waals surface area contributed by atoms with Gasteiger partial charge in [-0.05, 0) is 48.7 Å². The number of amides is 1. The van der Waals surface area contributed by atoms with E-state index in [-0.39, 0.29) is 5.56 Å². The third kappa shape index (κ3) is 4.60. The van der Waals surface area contributed by atoms with Crippen molar-refractivity contribution in [3.8, 4) is 0 Å². The summed E-state index contributed by atoms with van der Waals surface area (Å²) in [6, 6.07) is 6.94. The van der Waals surface area contributed by atoms with Gasteiger partial charge in [0.2, 0.25) is 0 Å². The average molecular weight is 334 g/mol. The third-order valence-electron chi connectivity index (χ3n) is 3.42. The van der Waals surface area contributed by atoms with Gasteiger partial charge in [-0.15, -0.1) is 0 Å². The van der Waals surface area contributed by atoms with Gasteiger partial charge >= 0.3 is 0 Å². The van der Waals surface area contributed by atoms with Gasteiger partial charge in [0, 0.05) is 24.4 Å². The van der Waals surface area contributed by atoms with E-state index in [1.54, 1.807) is 18.3 Å². The van der Waals surface area contributed by atoms with E-state index in [0.29, 0.717) is 30.5 Å². The highest BCUT2D eigenvalue weighted by Gasteiger charge is 2.04. The Morgan fingerprint density at radius 1 is 1.25 bits per heavy atom. The van der Waals surface area contributed by atoms with E-state index in [1.165, 1.54) is 22.2 Å². The first-order valence-electron chi connectivity index (χ1n) is 7.27. The Kier molecular flexibility index (Phi) is 5.97. The second-order valence-corrected chi connectivity index (χ2v) is 5.12. The Morgan fingerprint density at radius 2 is 2.04 bits per heavy atom. The van der Waals surface area contributed by atoms with Gasteiger partial charge in [-0.25, -0.2) is 14.3 Å². The van der Waals surface area contributed by atoms with E-state index < -0.39 is 17.5 Å². The molecular weight excluding hydrogens is 318 g/mol. The molecule has 0 aliphatic rings. The maximum atomic E-state index is 13.1. The highest BCUT2D eigenvalue weighted by atomic mass is 19.2. The second-order valence-electron chi connectivity index (χ2n) is 5.12. The summed E-state index contributed by atoms with van der Waals surface area (Å²) >= 11 is 0. The zero-order chi connectivity index (χ0) is 17.5. The molecule has 2 N–H and O–H groups in total. The highest BCUT2D eigenvalue weighted by molar-refractivity contribution is 5.90. The molecule has 2 aromatic rings. The molecule has 0 bridgehead atoms. The Bertz CT molecular complexity index is 816. The minimum absolute atomic E-state index is 0.287. The fourth-order valence-electron chi connectivity index (χ4n) is 2.21. The van der Waals surface area contributed by atoms with Crippen LogP contribution in [-0.4, -0.2) is 15.7 Å². The number of rotatable bonds is 6. The van der Waals surface area contributed by atoms with Crippen LogP contribution in [0.3, 0.4) is 0 Å². The maximum Gasteiger partial charge on any atom is 0.267 e. The van der Waals surface area contributed by atoms with Gasteiger partial charge in [0.05, 0.1) is 0 Å². The lowest BCUT2D eigenvalue weighted by molar-refractivity contribution is -0.124. The number of nitrogens with one attached hydrogen (secondary N) is 1. The van der Waals surface area contributed by atoms with Crippen LogP contribution in [0, 0.1) is 11.6 Å². The summed E-state index contributed by atoms with van der Waals surface area (Å²) in [6.07, 6.45) is 5.02. The summed E-state index contributed by atoms with van der Waals surface area (Å²) < 4.78 is 27.5.